The van der Waals surface area contributed by atoms with Crippen molar-refractivity contribution >= 4 is 38.9 Å². The highest BCUT2D eigenvalue weighted by Crippen LogP contribution is 2.47. The molecule has 0 saturated heterocycles. The number of phenols is 1. The lowest BCUT2D eigenvalue weighted by Crippen LogP contribution is -2.03. The maximum absolute atomic E-state index is 12.1. The van der Waals surface area contributed by atoms with Gasteiger partial charge in [-0.15, -0.1) is 11.3 Å². The fourth-order valence-electron chi connectivity index (χ4n) is 2.29. The Bertz CT molecular complexity index is 824. The van der Waals surface area contributed by atoms with Crippen molar-refractivity contribution in [2.45, 2.75) is 19.8 Å². The summed E-state index contributed by atoms with van der Waals surface area (Å²) in [6.07, 6.45) is -0.511. The van der Waals surface area contributed by atoms with Crippen LogP contribution in [0.4, 0.5) is 5.69 Å². The zero-order chi connectivity index (χ0) is 17.3. The van der Waals surface area contributed by atoms with Crippen molar-refractivity contribution < 1.29 is 29.5 Å². The van der Waals surface area contributed by atoms with E-state index in [2.05, 4.69) is 0 Å². The quantitative estimate of drug-likeness (QED) is 0.470. The minimum absolute atomic E-state index is 0.0602. The lowest BCUT2D eigenvalue weighted by atomic mass is 10.1. The minimum Gasteiger partial charge on any atom is -0.499 e. The maximum atomic E-state index is 12.1. The number of rotatable bonds is 6. The molecule has 8 nitrogen and oxygen atoms in total. The summed E-state index contributed by atoms with van der Waals surface area (Å²) in [4.78, 5) is 33.5. The van der Waals surface area contributed by atoms with Crippen LogP contribution in [0.1, 0.15) is 28.1 Å². The fourth-order valence-corrected chi connectivity index (χ4v) is 3.50. The molecule has 0 bridgehead atoms. The SMILES string of the molecule is COc1cc2sc(C(=O)CCC(=O)O)c(C)c2c([N+](=O)[O-])c1O. The van der Waals surface area contributed by atoms with Crippen LogP contribution in [-0.4, -0.2) is 34.0 Å². The number of ether oxygens (including phenoxy) is 1. The summed E-state index contributed by atoms with van der Waals surface area (Å²) in [7, 11) is 1.27. The van der Waals surface area contributed by atoms with Gasteiger partial charge in [-0.3, -0.25) is 19.7 Å². The zero-order valence-corrected chi connectivity index (χ0v) is 13.1. The summed E-state index contributed by atoms with van der Waals surface area (Å²) in [6.45, 7) is 1.53. The fraction of sp³-hybridized carbons (Fsp3) is 0.286. The highest BCUT2D eigenvalue weighted by Gasteiger charge is 2.28. The van der Waals surface area contributed by atoms with Gasteiger partial charge in [0.1, 0.15) is 0 Å². The number of nitrogens with zero attached hydrogens (tertiary/aromatic N) is 1. The van der Waals surface area contributed by atoms with Crippen LogP contribution in [0.2, 0.25) is 0 Å². The number of carboxylic acids is 1. The number of ketones is 1. The van der Waals surface area contributed by atoms with Gasteiger partial charge in [0.25, 0.3) is 0 Å². The molecular formula is C14H13NO7S. The first-order valence-electron chi connectivity index (χ1n) is 6.50. The average molecular weight is 339 g/mol. The number of Topliss-reactive ketones (excluding diaryl/α,β-unsaturated/α-hetero) is 1. The first-order chi connectivity index (χ1) is 10.8. The number of hydrogen-bond acceptors (Lipinski definition) is 7. The average Bonchev–Trinajstić information content (AvgIpc) is 2.80. The van der Waals surface area contributed by atoms with Crippen LogP contribution in [0, 0.1) is 17.0 Å². The molecule has 2 aromatic rings. The lowest BCUT2D eigenvalue weighted by molar-refractivity contribution is -0.384. The number of thiophene rings is 1. The zero-order valence-electron chi connectivity index (χ0n) is 12.3. The molecule has 0 aliphatic rings. The van der Waals surface area contributed by atoms with Gasteiger partial charge in [0.15, 0.2) is 11.5 Å². The van der Waals surface area contributed by atoms with E-state index in [0.717, 1.165) is 11.3 Å². The molecule has 0 aliphatic carbocycles. The molecule has 1 heterocycles. The Morgan fingerprint density at radius 1 is 1.39 bits per heavy atom. The van der Waals surface area contributed by atoms with Crippen molar-refractivity contribution in [3.63, 3.8) is 0 Å². The molecule has 0 saturated carbocycles. The van der Waals surface area contributed by atoms with E-state index < -0.39 is 28.1 Å². The molecule has 1 aromatic heterocycles. The van der Waals surface area contributed by atoms with Crippen LogP contribution in [0.3, 0.4) is 0 Å². The third-order valence-corrected chi connectivity index (χ3v) is 4.63. The van der Waals surface area contributed by atoms with Gasteiger partial charge in [0.05, 0.1) is 28.7 Å². The molecule has 0 radical (unpaired) electrons. The largest absolute Gasteiger partial charge is 0.499 e. The number of carboxylic acid groups (broad SMARTS) is 1. The molecule has 0 atom stereocenters. The van der Waals surface area contributed by atoms with Gasteiger partial charge in [0, 0.05) is 17.2 Å². The molecule has 23 heavy (non-hydrogen) atoms. The van der Waals surface area contributed by atoms with Crippen molar-refractivity contribution in [3.05, 3.63) is 26.6 Å². The molecule has 2 N–H and O–H groups in total. The number of aliphatic carboxylic acids is 1. The summed E-state index contributed by atoms with van der Waals surface area (Å²) in [6, 6.07) is 1.42. The van der Waals surface area contributed by atoms with E-state index in [9.17, 15) is 24.8 Å². The second-order valence-corrected chi connectivity index (χ2v) is 5.83. The third kappa shape index (κ3) is 2.95. The topological polar surface area (TPSA) is 127 Å². The van der Waals surface area contributed by atoms with Crippen LogP contribution in [0.5, 0.6) is 11.5 Å². The van der Waals surface area contributed by atoms with Crippen LogP contribution >= 0.6 is 11.3 Å². The normalized spacial score (nSPS) is 10.7. The van der Waals surface area contributed by atoms with Crippen molar-refractivity contribution in [1.82, 2.24) is 0 Å². The van der Waals surface area contributed by atoms with Crippen LogP contribution < -0.4 is 4.74 Å². The summed E-state index contributed by atoms with van der Waals surface area (Å²) in [5, 5.41) is 30.1. The monoisotopic (exact) mass is 339 g/mol. The number of carbonyl (C=O) groups excluding carboxylic acids is 1. The Balaban J connectivity index is 2.66. The van der Waals surface area contributed by atoms with Crippen molar-refractivity contribution in [2.75, 3.05) is 7.11 Å². The standard InChI is InChI=1S/C14H13NO7S/c1-6-11-9(23-14(6)7(16)3-4-10(17)18)5-8(22-2)13(19)12(11)15(20)21/h5,19H,3-4H2,1-2H3,(H,17,18). The number of nitro benzene ring substituents is 1. The lowest BCUT2D eigenvalue weighted by Gasteiger charge is -2.05. The first-order valence-corrected chi connectivity index (χ1v) is 7.32. The predicted molar refractivity (Wildman–Crippen MR) is 82.6 cm³/mol. The molecule has 9 heteroatoms. The molecule has 0 amide bonds. The molecular weight excluding hydrogens is 326 g/mol. The Kier molecular flexibility index (Phi) is 4.50. The van der Waals surface area contributed by atoms with Gasteiger partial charge in [-0.05, 0) is 12.5 Å². The number of carbonyl (C=O) groups is 2. The molecule has 2 rings (SSSR count). The number of aromatic hydroxyl groups is 1. The van der Waals surface area contributed by atoms with Gasteiger partial charge < -0.3 is 14.9 Å². The number of phenolic OH excluding ortho intramolecular Hbond substituents is 1. The summed E-state index contributed by atoms with van der Waals surface area (Å²) in [5.41, 5.74) is -0.171. The number of hydrogen-bond donors (Lipinski definition) is 2. The first kappa shape index (κ1) is 16.7. The van der Waals surface area contributed by atoms with E-state index in [1.807, 2.05) is 0 Å². The second kappa shape index (κ2) is 6.21. The highest BCUT2D eigenvalue weighted by molar-refractivity contribution is 7.21. The van der Waals surface area contributed by atoms with Gasteiger partial charge in [0.2, 0.25) is 5.75 Å². The van der Waals surface area contributed by atoms with Gasteiger partial charge in [-0.25, -0.2) is 0 Å². The van der Waals surface area contributed by atoms with Crippen molar-refractivity contribution in [3.8, 4) is 11.5 Å². The Morgan fingerprint density at radius 3 is 2.57 bits per heavy atom. The van der Waals surface area contributed by atoms with Gasteiger partial charge in [-0.2, -0.15) is 0 Å². The number of methoxy groups -OCH3 is 1. The van der Waals surface area contributed by atoms with E-state index in [4.69, 9.17) is 9.84 Å². The maximum Gasteiger partial charge on any atom is 0.323 e. The summed E-state index contributed by atoms with van der Waals surface area (Å²) >= 11 is 1.02. The second-order valence-electron chi connectivity index (χ2n) is 4.78. The number of fused-ring (bicyclic) bond motifs is 1. The summed E-state index contributed by atoms with van der Waals surface area (Å²) in [5.74, 6) is -2.16. The highest BCUT2D eigenvalue weighted by atomic mass is 32.1. The Morgan fingerprint density at radius 2 is 2.04 bits per heavy atom. The third-order valence-electron chi connectivity index (χ3n) is 3.35. The van der Waals surface area contributed by atoms with Crippen LogP contribution in [0.15, 0.2) is 6.07 Å². The Hall–Kier alpha value is -2.68. The molecule has 1 aromatic carbocycles. The molecule has 0 aliphatic heterocycles. The van der Waals surface area contributed by atoms with E-state index in [1.54, 1.807) is 0 Å². The number of aryl methyl sites for hydroxylation is 1. The van der Waals surface area contributed by atoms with Crippen LogP contribution in [-0.2, 0) is 4.79 Å². The van der Waals surface area contributed by atoms with Gasteiger partial charge in [-0.1, -0.05) is 0 Å². The number of nitro groups is 1. The molecule has 0 unspecified atom stereocenters. The van der Waals surface area contributed by atoms with Gasteiger partial charge >= 0.3 is 11.7 Å². The van der Waals surface area contributed by atoms with E-state index in [-0.39, 0.29) is 28.9 Å². The van der Waals surface area contributed by atoms with E-state index in [1.165, 1.54) is 20.1 Å². The number of benzene rings is 1. The van der Waals surface area contributed by atoms with E-state index >= 15 is 0 Å². The smallest absolute Gasteiger partial charge is 0.323 e. The predicted octanol–water partition coefficient (Wildman–Crippen LogP) is 2.88. The Labute approximate surface area is 134 Å². The van der Waals surface area contributed by atoms with E-state index in [0.29, 0.717) is 10.3 Å². The van der Waals surface area contributed by atoms with Crippen LogP contribution in [0.25, 0.3) is 10.1 Å². The minimum atomic E-state index is -1.09. The van der Waals surface area contributed by atoms with Crippen molar-refractivity contribution in [2.24, 2.45) is 0 Å². The molecule has 122 valence electrons. The molecule has 0 fully saturated rings. The molecule has 0 spiro atoms. The summed E-state index contributed by atoms with van der Waals surface area (Å²) < 4.78 is 5.34. The van der Waals surface area contributed by atoms with Crippen molar-refractivity contribution in [1.29, 1.82) is 0 Å².